The first-order valence-corrected chi connectivity index (χ1v) is 8.30. The average Bonchev–Trinajstić information content (AvgIpc) is 2.52. The summed E-state index contributed by atoms with van der Waals surface area (Å²) in [6, 6.07) is 7.46. The summed E-state index contributed by atoms with van der Waals surface area (Å²) in [5.74, 6) is -0.0168. The second-order valence-corrected chi connectivity index (χ2v) is 6.42. The predicted molar refractivity (Wildman–Crippen MR) is 86.5 cm³/mol. The van der Waals surface area contributed by atoms with E-state index in [0.717, 1.165) is 24.8 Å². The molecule has 0 aromatic heterocycles. The minimum atomic E-state index is -0.363. The highest BCUT2D eigenvalue weighted by atomic mass is 35.5. The van der Waals surface area contributed by atoms with Crippen molar-refractivity contribution in [2.45, 2.75) is 44.8 Å². The smallest absolute Gasteiger partial charge is 0.226 e. The van der Waals surface area contributed by atoms with Crippen LogP contribution in [0.4, 0.5) is 0 Å². The molecule has 22 heavy (non-hydrogen) atoms. The standard InChI is InChI=1S/C17H24ClNO3/c18-15-7-5-13(6-8-15)12-19(9-2-10-20)17(22)14-3-1-4-16(21)11-14/h5-8,14,16,20-21H,1-4,9-12H2/t14-,16+/m0/s1. The zero-order valence-electron chi connectivity index (χ0n) is 12.7. The average molecular weight is 326 g/mol. The molecule has 0 heterocycles. The van der Waals surface area contributed by atoms with Crippen molar-refractivity contribution in [3.05, 3.63) is 34.9 Å². The lowest BCUT2D eigenvalue weighted by Crippen LogP contribution is -2.39. The molecule has 1 amide bonds. The first kappa shape index (κ1) is 17.3. The first-order valence-electron chi connectivity index (χ1n) is 7.92. The van der Waals surface area contributed by atoms with Crippen molar-refractivity contribution in [3.63, 3.8) is 0 Å². The second kappa shape index (κ2) is 8.51. The number of rotatable bonds is 6. The van der Waals surface area contributed by atoms with E-state index < -0.39 is 0 Å². The van der Waals surface area contributed by atoms with Gasteiger partial charge < -0.3 is 15.1 Å². The maximum atomic E-state index is 12.7. The Morgan fingerprint density at radius 2 is 2.00 bits per heavy atom. The highest BCUT2D eigenvalue weighted by Gasteiger charge is 2.29. The van der Waals surface area contributed by atoms with Gasteiger partial charge in [-0.1, -0.05) is 30.2 Å². The normalized spacial score (nSPS) is 21.6. The van der Waals surface area contributed by atoms with Gasteiger partial charge in [0.05, 0.1) is 6.10 Å². The van der Waals surface area contributed by atoms with E-state index >= 15 is 0 Å². The van der Waals surface area contributed by atoms with Crippen molar-refractivity contribution in [1.82, 2.24) is 4.90 Å². The third kappa shape index (κ3) is 4.97. The Balaban J connectivity index is 2.03. The Kier molecular flexibility index (Phi) is 6.68. The summed E-state index contributed by atoms with van der Waals surface area (Å²) < 4.78 is 0. The van der Waals surface area contributed by atoms with Crippen LogP contribution in [0.3, 0.4) is 0 Å². The van der Waals surface area contributed by atoms with Crippen LogP contribution in [0.5, 0.6) is 0 Å². The molecule has 0 aliphatic heterocycles. The molecular formula is C17H24ClNO3. The van der Waals surface area contributed by atoms with Gasteiger partial charge in [-0.3, -0.25) is 4.79 Å². The fourth-order valence-electron chi connectivity index (χ4n) is 2.99. The molecular weight excluding hydrogens is 302 g/mol. The maximum absolute atomic E-state index is 12.7. The predicted octanol–water partition coefficient (Wildman–Crippen LogP) is 2.60. The van der Waals surface area contributed by atoms with Crippen LogP contribution in [0.2, 0.25) is 5.02 Å². The Morgan fingerprint density at radius 3 is 2.64 bits per heavy atom. The number of amides is 1. The number of nitrogens with zero attached hydrogens (tertiary/aromatic N) is 1. The fraction of sp³-hybridized carbons (Fsp3) is 0.588. The van der Waals surface area contributed by atoms with Crippen molar-refractivity contribution >= 4 is 17.5 Å². The van der Waals surface area contributed by atoms with Gasteiger partial charge >= 0.3 is 0 Å². The maximum Gasteiger partial charge on any atom is 0.226 e. The number of carbonyl (C=O) groups excluding carboxylic acids is 1. The van der Waals surface area contributed by atoms with Crippen LogP contribution in [0.15, 0.2) is 24.3 Å². The van der Waals surface area contributed by atoms with E-state index in [1.165, 1.54) is 0 Å². The summed E-state index contributed by atoms with van der Waals surface area (Å²) in [6.45, 7) is 1.12. The zero-order chi connectivity index (χ0) is 15.9. The molecule has 0 radical (unpaired) electrons. The summed E-state index contributed by atoms with van der Waals surface area (Å²) in [5.41, 5.74) is 1.02. The minimum Gasteiger partial charge on any atom is -0.396 e. The molecule has 1 aromatic rings. The van der Waals surface area contributed by atoms with E-state index in [-0.39, 0.29) is 24.5 Å². The molecule has 1 aromatic carbocycles. The number of aliphatic hydroxyl groups excluding tert-OH is 2. The van der Waals surface area contributed by atoms with Crippen molar-refractivity contribution in [1.29, 1.82) is 0 Å². The number of carbonyl (C=O) groups is 1. The molecule has 1 aliphatic rings. The summed E-state index contributed by atoms with van der Waals surface area (Å²) in [4.78, 5) is 14.5. The van der Waals surface area contributed by atoms with Gasteiger partial charge in [0.25, 0.3) is 0 Å². The van der Waals surface area contributed by atoms with Gasteiger partial charge in [0.2, 0.25) is 5.91 Å². The Bertz CT molecular complexity index is 477. The van der Waals surface area contributed by atoms with E-state index in [1.54, 1.807) is 4.90 Å². The van der Waals surface area contributed by atoms with Gasteiger partial charge in [-0.15, -0.1) is 0 Å². The van der Waals surface area contributed by atoms with Gasteiger partial charge in [0.15, 0.2) is 0 Å². The molecule has 0 unspecified atom stereocenters. The highest BCUT2D eigenvalue weighted by molar-refractivity contribution is 6.30. The number of hydrogen-bond donors (Lipinski definition) is 2. The number of benzene rings is 1. The third-order valence-electron chi connectivity index (χ3n) is 4.18. The van der Waals surface area contributed by atoms with Gasteiger partial charge in [-0.05, 0) is 43.4 Å². The van der Waals surface area contributed by atoms with E-state index in [0.29, 0.717) is 31.0 Å². The molecule has 4 nitrogen and oxygen atoms in total. The fourth-order valence-corrected chi connectivity index (χ4v) is 3.11. The third-order valence-corrected chi connectivity index (χ3v) is 4.43. The molecule has 0 bridgehead atoms. The number of hydrogen-bond acceptors (Lipinski definition) is 3. The lowest BCUT2D eigenvalue weighted by atomic mass is 9.86. The van der Waals surface area contributed by atoms with E-state index in [1.807, 2.05) is 24.3 Å². The van der Waals surface area contributed by atoms with E-state index in [2.05, 4.69) is 0 Å². The van der Waals surface area contributed by atoms with E-state index in [4.69, 9.17) is 16.7 Å². The van der Waals surface area contributed by atoms with Gasteiger partial charge in [-0.2, -0.15) is 0 Å². The lowest BCUT2D eigenvalue weighted by molar-refractivity contribution is -0.138. The van der Waals surface area contributed by atoms with Crippen molar-refractivity contribution in [2.75, 3.05) is 13.2 Å². The van der Waals surface area contributed by atoms with Gasteiger partial charge in [0, 0.05) is 30.6 Å². The van der Waals surface area contributed by atoms with Crippen molar-refractivity contribution in [3.8, 4) is 0 Å². The molecule has 1 saturated carbocycles. The van der Waals surface area contributed by atoms with Crippen LogP contribution < -0.4 is 0 Å². The topological polar surface area (TPSA) is 60.8 Å². The van der Waals surface area contributed by atoms with Gasteiger partial charge in [-0.25, -0.2) is 0 Å². The SMILES string of the molecule is O=C([C@H]1CCC[C@@H](O)C1)N(CCCO)Cc1ccc(Cl)cc1. The Morgan fingerprint density at radius 1 is 1.27 bits per heavy atom. The first-order chi connectivity index (χ1) is 10.6. The van der Waals surface area contributed by atoms with Crippen molar-refractivity contribution < 1.29 is 15.0 Å². The summed E-state index contributed by atoms with van der Waals surface area (Å²) in [6.07, 6.45) is 3.28. The van der Waals surface area contributed by atoms with Crippen LogP contribution in [0.25, 0.3) is 0 Å². The minimum absolute atomic E-state index is 0.0672. The largest absolute Gasteiger partial charge is 0.396 e. The molecule has 2 N–H and O–H groups in total. The van der Waals surface area contributed by atoms with Crippen LogP contribution >= 0.6 is 11.6 Å². The van der Waals surface area contributed by atoms with Gasteiger partial charge in [0.1, 0.15) is 0 Å². The monoisotopic (exact) mass is 325 g/mol. The summed E-state index contributed by atoms with van der Waals surface area (Å²) in [7, 11) is 0. The van der Waals surface area contributed by atoms with Crippen LogP contribution in [0.1, 0.15) is 37.7 Å². The lowest BCUT2D eigenvalue weighted by Gasteiger charge is -2.31. The molecule has 1 fully saturated rings. The molecule has 0 spiro atoms. The number of halogens is 1. The zero-order valence-corrected chi connectivity index (χ0v) is 13.5. The van der Waals surface area contributed by atoms with Crippen LogP contribution in [-0.2, 0) is 11.3 Å². The highest BCUT2D eigenvalue weighted by Crippen LogP contribution is 2.26. The molecule has 2 rings (SSSR count). The Labute approximate surface area is 136 Å². The molecule has 1 aliphatic carbocycles. The molecule has 5 heteroatoms. The quantitative estimate of drug-likeness (QED) is 0.845. The molecule has 122 valence electrons. The second-order valence-electron chi connectivity index (χ2n) is 5.98. The number of aliphatic hydroxyl groups is 2. The Hall–Kier alpha value is -1.10. The van der Waals surface area contributed by atoms with E-state index in [9.17, 15) is 9.90 Å². The summed E-state index contributed by atoms with van der Waals surface area (Å²) >= 11 is 5.89. The molecule has 0 saturated heterocycles. The molecule has 2 atom stereocenters. The summed E-state index contributed by atoms with van der Waals surface area (Å²) in [5, 5.41) is 19.5. The van der Waals surface area contributed by atoms with Crippen LogP contribution in [0, 0.1) is 5.92 Å². The van der Waals surface area contributed by atoms with Crippen LogP contribution in [-0.4, -0.2) is 40.3 Å². The van der Waals surface area contributed by atoms with Crippen molar-refractivity contribution in [2.24, 2.45) is 5.92 Å².